The molecule has 0 unspecified atom stereocenters. The van der Waals surface area contributed by atoms with Crippen LogP contribution in [0.25, 0.3) is 0 Å². The molecular formula is C15H17N3O. The Morgan fingerprint density at radius 1 is 1.32 bits per heavy atom. The van der Waals surface area contributed by atoms with Crippen LogP contribution in [0, 0.1) is 0 Å². The van der Waals surface area contributed by atoms with Gasteiger partial charge in [-0.2, -0.15) is 5.10 Å². The monoisotopic (exact) mass is 255 g/mol. The Hall–Kier alpha value is -2.10. The van der Waals surface area contributed by atoms with Gasteiger partial charge in [0.25, 0.3) is 0 Å². The number of rotatable bonds is 3. The zero-order valence-electron chi connectivity index (χ0n) is 11.0. The molecule has 1 aliphatic rings. The van der Waals surface area contributed by atoms with Crippen LogP contribution in [0.5, 0.6) is 0 Å². The zero-order chi connectivity index (χ0) is 13.2. The van der Waals surface area contributed by atoms with Gasteiger partial charge in [0.15, 0.2) is 5.78 Å². The van der Waals surface area contributed by atoms with Crippen LogP contribution < -0.4 is 4.90 Å². The fourth-order valence-electron chi connectivity index (χ4n) is 2.52. The number of hydrogen-bond donors (Lipinski definition) is 0. The zero-order valence-corrected chi connectivity index (χ0v) is 11.0. The number of Topliss-reactive ketones (excluding diaryl/α,β-unsaturated/α-hetero) is 1. The maximum absolute atomic E-state index is 11.9. The summed E-state index contributed by atoms with van der Waals surface area (Å²) in [6.07, 6.45) is 4.57. The molecule has 4 heteroatoms. The van der Waals surface area contributed by atoms with E-state index in [0.717, 1.165) is 30.9 Å². The summed E-state index contributed by atoms with van der Waals surface area (Å²) < 4.78 is 1.93. The standard InChI is InChI=1S/C15H17N3O/c1-2-18-11-12(9-16-18)10-17-8-7-15(19)13-5-3-4-6-14(13)17/h3-6,9,11H,2,7-8,10H2,1H3. The van der Waals surface area contributed by atoms with Crippen molar-refractivity contribution in [3.63, 3.8) is 0 Å². The summed E-state index contributed by atoms with van der Waals surface area (Å²) in [5.41, 5.74) is 3.07. The van der Waals surface area contributed by atoms with Gasteiger partial charge in [-0.15, -0.1) is 0 Å². The third-order valence-corrected chi connectivity index (χ3v) is 3.54. The first-order valence-electron chi connectivity index (χ1n) is 6.66. The van der Waals surface area contributed by atoms with Gasteiger partial charge in [0.05, 0.1) is 6.20 Å². The lowest BCUT2D eigenvalue weighted by Gasteiger charge is -2.30. The number of aryl methyl sites for hydroxylation is 1. The molecule has 4 nitrogen and oxygen atoms in total. The van der Waals surface area contributed by atoms with Crippen LogP contribution in [0.1, 0.15) is 29.3 Å². The first-order valence-corrected chi connectivity index (χ1v) is 6.66. The van der Waals surface area contributed by atoms with Crippen LogP contribution in [0.4, 0.5) is 5.69 Å². The molecule has 0 saturated heterocycles. The van der Waals surface area contributed by atoms with E-state index in [1.807, 2.05) is 35.1 Å². The van der Waals surface area contributed by atoms with Gasteiger partial charge in [0.2, 0.25) is 0 Å². The normalized spacial score (nSPS) is 14.6. The quantitative estimate of drug-likeness (QED) is 0.845. The van der Waals surface area contributed by atoms with Gasteiger partial charge in [-0.1, -0.05) is 12.1 Å². The molecule has 19 heavy (non-hydrogen) atoms. The topological polar surface area (TPSA) is 38.1 Å². The first-order chi connectivity index (χ1) is 9.28. The van der Waals surface area contributed by atoms with Crippen LogP contribution in [-0.4, -0.2) is 22.1 Å². The Morgan fingerprint density at radius 2 is 2.16 bits per heavy atom. The Kier molecular flexibility index (Phi) is 3.07. The Balaban J connectivity index is 1.86. The number of nitrogens with zero attached hydrogens (tertiary/aromatic N) is 3. The SMILES string of the molecule is CCn1cc(CN2CCC(=O)c3ccccc32)cn1. The Morgan fingerprint density at radius 3 is 2.95 bits per heavy atom. The molecule has 0 bridgehead atoms. The maximum atomic E-state index is 11.9. The number of carbonyl (C=O) groups excluding carboxylic acids is 1. The Labute approximate surface area is 112 Å². The molecule has 2 heterocycles. The molecule has 0 spiro atoms. The van der Waals surface area contributed by atoms with Gasteiger partial charge in [0.1, 0.15) is 0 Å². The van der Waals surface area contributed by atoms with Crippen molar-refractivity contribution in [2.24, 2.45) is 0 Å². The van der Waals surface area contributed by atoms with Crippen LogP contribution >= 0.6 is 0 Å². The maximum Gasteiger partial charge on any atom is 0.166 e. The highest BCUT2D eigenvalue weighted by Gasteiger charge is 2.22. The summed E-state index contributed by atoms with van der Waals surface area (Å²) in [6.45, 7) is 4.55. The van der Waals surface area contributed by atoms with Gasteiger partial charge in [-0.3, -0.25) is 9.48 Å². The van der Waals surface area contributed by atoms with Crippen molar-refractivity contribution < 1.29 is 4.79 Å². The lowest BCUT2D eigenvalue weighted by Crippen LogP contribution is -2.31. The largest absolute Gasteiger partial charge is 0.366 e. The van der Waals surface area contributed by atoms with Gasteiger partial charge in [-0.05, 0) is 19.1 Å². The minimum absolute atomic E-state index is 0.246. The van der Waals surface area contributed by atoms with Crippen LogP contribution in [0.2, 0.25) is 0 Å². The van der Waals surface area contributed by atoms with E-state index in [-0.39, 0.29) is 5.78 Å². The number of benzene rings is 1. The molecule has 0 amide bonds. The van der Waals surface area contributed by atoms with E-state index in [0.29, 0.717) is 6.42 Å². The molecule has 2 aromatic rings. The number of aromatic nitrogens is 2. The van der Waals surface area contributed by atoms with Crippen molar-refractivity contribution in [1.29, 1.82) is 0 Å². The van der Waals surface area contributed by atoms with Crippen LogP contribution in [-0.2, 0) is 13.1 Å². The summed E-state index contributed by atoms with van der Waals surface area (Å²) >= 11 is 0. The molecule has 1 aromatic heterocycles. The van der Waals surface area contributed by atoms with Gasteiger partial charge in [-0.25, -0.2) is 0 Å². The molecule has 0 fully saturated rings. The second-order valence-corrected chi connectivity index (χ2v) is 4.82. The molecule has 1 aliphatic heterocycles. The number of ketones is 1. The van der Waals surface area contributed by atoms with E-state index < -0.39 is 0 Å². The van der Waals surface area contributed by atoms with Gasteiger partial charge in [0, 0.05) is 49.1 Å². The second kappa shape index (κ2) is 4.88. The predicted molar refractivity (Wildman–Crippen MR) is 74.3 cm³/mol. The van der Waals surface area contributed by atoms with Crippen LogP contribution in [0.15, 0.2) is 36.7 Å². The molecule has 0 N–H and O–H groups in total. The molecule has 0 atom stereocenters. The fraction of sp³-hybridized carbons (Fsp3) is 0.333. The first kappa shape index (κ1) is 12.0. The summed E-state index contributed by atoms with van der Waals surface area (Å²) in [7, 11) is 0. The second-order valence-electron chi connectivity index (χ2n) is 4.82. The summed E-state index contributed by atoms with van der Waals surface area (Å²) in [5.74, 6) is 0.246. The van der Waals surface area contributed by atoms with E-state index in [4.69, 9.17) is 0 Å². The molecule has 1 aromatic carbocycles. The van der Waals surface area contributed by atoms with E-state index in [1.165, 1.54) is 5.56 Å². The highest BCUT2D eigenvalue weighted by Crippen LogP contribution is 2.27. The lowest BCUT2D eigenvalue weighted by atomic mass is 10.0. The van der Waals surface area contributed by atoms with Crippen molar-refractivity contribution in [2.75, 3.05) is 11.4 Å². The number of fused-ring (bicyclic) bond motifs is 1. The summed E-state index contributed by atoms with van der Waals surface area (Å²) in [6, 6.07) is 7.85. The molecule has 0 aliphatic carbocycles. The van der Waals surface area contributed by atoms with Gasteiger partial charge < -0.3 is 4.90 Å². The third kappa shape index (κ3) is 2.26. The van der Waals surface area contributed by atoms with Crippen LogP contribution in [0.3, 0.4) is 0 Å². The van der Waals surface area contributed by atoms with Crippen molar-refractivity contribution in [3.05, 3.63) is 47.8 Å². The molecule has 0 saturated carbocycles. The lowest BCUT2D eigenvalue weighted by molar-refractivity contribution is 0.0979. The minimum atomic E-state index is 0.246. The number of anilines is 1. The minimum Gasteiger partial charge on any atom is -0.366 e. The van der Waals surface area contributed by atoms with Crippen molar-refractivity contribution >= 4 is 11.5 Å². The number of carbonyl (C=O) groups is 1. The third-order valence-electron chi connectivity index (χ3n) is 3.54. The van der Waals surface area contributed by atoms with Crippen molar-refractivity contribution in [2.45, 2.75) is 26.4 Å². The molecular weight excluding hydrogens is 238 g/mol. The average Bonchev–Trinajstić information content (AvgIpc) is 2.90. The fourth-order valence-corrected chi connectivity index (χ4v) is 2.52. The molecule has 3 rings (SSSR count). The van der Waals surface area contributed by atoms with E-state index in [9.17, 15) is 4.79 Å². The average molecular weight is 255 g/mol. The highest BCUT2D eigenvalue weighted by atomic mass is 16.1. The Bertz CT molecular complexity index is 603. The summed E-state index contributed by atoms with van der Waals surface area (Å²) in [5, 5.41) is 4.29. The molecule has 98 valence electrons. The van der Waals surface area contributed by atoms with E-state index >= 15 is 0 Å². The predicted octanol–water partition coefficient (Wildman–Crippen LogP) is 2.50. The van der Waals surface area contributed by atoms with Gasteiger partial charge >= 0.3 is 0 Å². The smallest absolute Gasteiger partial charge is 0.166 e. The van der Waals surface area contributed by atoms with E-state index in [2.05, 4.69) is 23.1 Å². The summed E-state index contributed by atoms with van der Waals surface area (Å²) in [4.78, 5) is 14.1. The number of para-hydroxylation sites is 1. The number of hydrogen-bond acceptors (Lipinski definition) is 3. The van der Waals surface area contributed by atoms with Crippen molar-refractivity contribution in [3.8, 4) is 0 Å². The highest BCUT2D eigenvalue weighted by molar-refractivity contribution is 6.03. The van der Waals surface area contributed by atoms with Crippen molar-refractivity contribution in [1.82, 2.24) is 9.78 Å². The molecule has 0 radical (unpaired) electrons. The van der Waals surface area contributed by atoms with E-state index in [1.54, 1.807) is 0 Å².